The number of fused-ring (bicyclic) bond motifs is 1. The highest BCUT2D eigenvalue weighted by Crippen LogP contribution is 2.26. The van der Waals surface area contributed by atoms with Gasteiger partial charge >= 0.3 is 0 Å². The van der Waals surface area contributed by atoms with Gasteiger partial charge in [0.05, 0.1) is 31.5 Å². The molecule has 26 heavy (non-hydrogen) atoms. The molecule has 0 atom stereocenters. The number of ether oxygens (including phenoxy) is 1. The normalized spacial score (nSPS) is 10.6. The number of pyridine rings is 1. The summed E-state index contributed by atoms with van der Waals surface area (Å²) in [6.07, 6.45) is 4.35. The molecule has 0 aliphatic heterocycles. The summed E-state index contributed by atoms with van der Waals surface area (Å²) in [7, 11) is 1.67. The molecule has 4 rings (SSSR count). The average molecular weight is 339 g/mol. The van der Waals surface area contributed by atoms with Gasteiger partial charge in [0.2, 0.25) is 0 Å². The van der Waals surface area contributed by atoms with E-state index in [1.54, 1.807) is 7.11 Å². The standard InChI is InChI=1S/C22H17N3O/c1-26-20-8-6-17(7-9-20)19-11-13-25-21(15-24-22(25)14-19)18-4-2-16(3-5-18)10-12-23/h2-9,11,13-15H,10H2,1H3. The Kier molecular flexibility index (Phi) is 4.12. The number of benzene rings is 2. The molecule has 4 heteroatoms. The van der Waals surface area contributed by atoms with E-state index in [0.717, 1.165) is 39.3 Å². The molecule has 0 amide bonds. The zero-order chi connectivity index (χ0) is 17.9. The van der Waals surface area contributed by atoms with E-state index < -0.39 is 0 Å². The Labute approximate surface area is 151 Å². The van der Waals surface area contributed by atoms with E-state index in [-0.39, 0.29) is 0 Å². The van der Waals surface area contributed by atoms with Crippen LogP contribution in [0, 0.1) is 11.3 Å². The Morgan fingerprint density at radius 3 is 2.38 bits per heavy atom. The van der Waals surface area contributed by atoms with Gasteiger partial charge in [-0.3, -0.25) is 4.40 Å². The van der Waals surface area contributed by atoms with Crippen molar-refractivity contribution in [3.8, 4) is 34.2 Å². The number of methoxy groups -OCH3 is 1. The van der Waals surface area contributed by atoms with E-state index in [0.29, 0.717) is 6.42 Å². The van der Waals surface area contributed by atoms with Crippen molar-refractivity contribution < 1.29 is 4.74 Å². The quantitative estimate of drug-likeness (QED) is 0.539. The van der Waals surface area contributed by atoms with Gasteiger partial charge in [-0.25, -0.2) is 4.98 Å². The predicted molar refractivity (Wildman–Crippen MR) is 102 cm³/mol. The third-order valence-electron chi connectivity index (χ3n) is 4.47. The first-order chi connectivity index (χ1) is 12.8. The number of aromatic nitrogens is 2. The van der Waals surface area contributed by atoms with Crippen LogP contribution in [-0.2, 0) is 6.42 Å². The predicted octanol–water partition coefficient (Wildman–Crippen LogP) is 4.74. The molecule has 0 saturated carbocycles. The second kappa shape index (κ2) is 6.73. The third kappa shape index (κ3) is 2.91. The highest BCUT2D eigenvalue weighted by Gasteiger charge is 2.08. The minimum Gasteiger partial charge on any atom is -0.497 e. The van der Waals surface area contributed by atoms with Crippen molar-refractivity contribution >= 4 is 5.65 Å². The number of hydrogen-bond acceptors (Lipinski definition) is 3. The zero-order valence-corrected chi connectivity index (χ0v) is 14.4. The van der Waals surface area contributed by atoms with Crippen LogP contribution in [0.25, 0.3) is 28.0 Å². The Morgan fingerprint density at radius 2 is 1.69 bits per heavy atom. The largest absolute Gasteiger partial charge is 0.497 e. The number of nitriles is 1. The van der Waals surface area contributed by atoms with Gasteiger partial charge in [-0.1, -0.05) is 36.4 Å². The molecule has 0 spiro atoms. The SMILES string of the molecule is COc1ccc(-c2ccn3c(-c4ccc(CC#N)cc4)cnc3c2)cc1. The summed E-state index contributed by atoms with van der Waals surface area (Å²) in [4.78, 5) is 4.56. The van der Waals surface area contributed by atoms with Crippen LogP contribution in [0.5, 0.6) is 5.75 Å². The van der Waals surface area contributed by atoms with E-state index in [2.05, 4.69) is 27.6 Å². The summed E-state index contributed by atoms with van der Waals surface area (Å²) in [6, 6.07) is 22.4. The highest BCUT2D eigenvalue weighted by molar-refractivity contribution is 5.71. The molecule has 0 aliphatic rings. The first-order valence-electron chi connectivity index (χ1n) is 8.36. The second-order valence-electron chi connectivity index (χ2n) is 6.05. The maximum Gasteiger partial charge on any atom is 0.137 e. The van der Waals surface area contributed by atoms with Crippen LogP contribution in [0.2, 0.25) is 0 Å². The van der Waals surface area contributed by atoms with Gasteiger partial charge in [-0.05, 0) is 41.0 Å². The maximum absolute atomic E-state index is 8.79. The molecule has 0 saturated heterocycles. The van der Waals surface area contributed by atoms with Gasteiger partial charge in [-0.15, -0.1) is 0 Å². The smallest absolute Gasteiger partial charge is 0.137 e. The van der Waals surface area contributed by atoms with Crippen molar-refractivity contribution in [2.75, 3.05) is 7.11 Å². The first-order valence-corrected chi connectivity index (χ1v) is 8.36. The summed E-state index contributed by atoms with van der Waals surface area (Å²) >= 11 is 0. The number of imidazole rings is 1. The fraction of sp³-hybridized carbons (Fsp3) is 0.0909. The topological polar surface area (TPSA) is 50.3 Å². The van der Waals surface area contributed by atoms with E-state index in [1.807, 2.05) is 60.9 Å². The minimum atomic E-state index is 0.429. The molecule has 0 fully saturated rings. The van der Waals surface area contributed by atoms with E-state index in [1.165, 1.54) is 0 Å². The highest BCUT2D eigenvalue weighted by atomic mass is 16.5. The molecule has 0 aliphatic carbocycles. The van der Waals surface area contributed by atoms with Crippen molar-refractivity contribution in [2.45, 2.75) is 6.42 Å². The lowest BCUT2D eigenvalue weighted by Gasteiger charge is -2.06. The molecule has 4 aromatic rings. The molecule has 0 unspecified atom stereocenters. The summed E-state index contributed by atoms with van der Waals surface area (Å²) < 4.78 is 7.29. The Hall–Kier alpha value is -3.58. The molecular formula is C22H17N3O. The van der Waals surface area contributed by atoms with Crippen LogP contribution < -0.4 is 4.74 Å². The lowest BCUT2D eigenvalue weighted by atomic mass is 10.1. The lowest BCUT2D eigenvalue weighted by Crippen LogP contribution is -1.90. The lowest BCUT2D eigenvalue weighted by molar-refractivity contribution is 0.415. The van der Waals surface area contributed by atoms with Crippen LogP contribution in [0.4, 0.5) is 0 Å². The molecule has 2 aromatic carbocycles. The monoisotopic (exact) mass is 339 g/mol. The van der Waals surface area contributed by atoms with Gasteiger partial charge in [0.1, 0.15) is 11.4 Å². The van der Waals surface area contributed by atoms with Gasteiger partial charge in [0.15, 0.2) is 0 Å². The van der Waals surface area contributed by atoms with Gasteiger partial charge in [-0.2, -0.15) is 5.26 Å². The number of hydrogen-bond donors (Lipinski definition) is 0. The summed E-state index contributed by atoms with van der Waals surface area (Å²) in [5, 5.41) is 8.79. The maximum atomic E-state index is 8.79. The number of nitrogens with zero attached hydrogens (tertiary/aromatic N) is 3. The molecule has 0 bridgehead atoms. The number of rotatable bonds is 4. The van der Waals surface area contributed by atoms with Crippen LogP contribution in [0.3, 0.4) is 0 Å². The van der Waals surface area contributed by atoms with Gasteiger partial charge < -0.3 is 4.74 Å². The Bertz CT molecular complexity index is 1090. The Balaban J connectivity index is 1.69. The molecule has 2 aromatic heterocycles. The van der Waals surface area contributed by atoms with E-state index >= 15 is 0 Å². The third-order valence-corrected chi connectivity index (χ3v) is 4.47. The summed E-state index contributed by atoms with van der Waals surface area (Å²) in [5.74, 6) is 0.845. The fourth-order valence-corrected chi connectivity index (χ4v) is 3.04. The van der Waals surface area contributed by atoms with E-state index in [9.17, 15) is 0 Å². The van der Waals surface area contributed by atoms with E-state index in [4.69, 9.17) is 10.00 Å². The van der Waals surface area contributed by atoms with Crippen molar-refractivity contribution in [2.24, 2.45) is 0 Å². The molecule has 0 N–H and O–H groups in total. The fourth-order valence-electron chi connectivity index (χ4n) is 3.04. The summed E-state index contributed by atoms with van der Waals surface area (Å²) in [6.45, 7) is 0. The van der Waals surface area contributed by atoms with Crippen molar-refractivity contribution in [1.29, 1.82) is 5.26 Å². The van der Waals surface area contributed by atoms with Crippen LogP contribution in [-0.4, -0.2) is 16.5 Å². The van der Waals surface area contributed by atoms with Crippen molar-refractivity contribution in [3.63, 3.8) is 0 Å². The van der Waals surface area contributed by atoms with Gasteiger partial charge in [0.25, 0.3) is 0 Å². The average Bonchev–Trinajstić information content (AvgIpc) is 3.12. The van der Waals surface area contributed by atoms with Gasteiger partial charge in [0, 0.05) is 11.8 Å². The van der Waals surface area contributed by atoms with Crippen molar-refractivity contribution in [3.05, 3.63) is 78.6 Å². The van der Waals surface area contributed by atoms with Crippen molar-refractivity contribution in [1.82, 2.24) is 9.38 Å². The van der Waals surface area contributed by atoms with Crippen LogP contribution in [0.1, 0.15) is 5.56 Å². The molecule has 126 valence electrons. The molecule has 4 nitrogen and oxygen atoms in total. The zero-order valence-electron chi connectivity index (χ0n) is 14.4. The van der Waals surface area contributed by atoms with Crippen LogP contribution in [0.15, 0.2) is 73.1 Å². The first kappa shape index (κ1) is 15.9. The minimum absolute atomic E-state index is 0.429. The Morgan fingerprint density at radius 1 is 0.962 bits per heavy atom. The summed E-state index contributed by atoms with van der Waals surface area (Å²) in [5.41, 5.74) is 6.27. The second-order valence-corrected chi connectivity index (χ2v) is 6.05. The van der Waals surface area contributed by atoms with Crippen LogP contribution >= 0.6 is 0 Å². The molecule has 2 heterocycles. The molecule has 0 radical (unpaired) electrons. The molecular weight excluding hydrogens is 322 g/mol.